The van der Waals surface area contributed by atoms with Gasteiger partial charge in [0.15, 0.2) is 5.78 Å². The maximum atomic E-state index is 12.8. The Hall–Kier alpha value is -2.46. The van der Waals surface area contributed by atoms with Crippen LogP contribution in [-0.4, -0.2) is 53.7 Å². The standard InChI is InChI=1S/C25H32N2O2/c1-3-27(25(29)19-21-11-9-20(2)10-12-21)23-13-16-26(17-14-23)18-15-24(28)22-7-5-4-6-8-22/h4-12,23H,3,13-19H2,1-2H3. The van der Waals surface area contributed by atoms with Gasteiger partial charge in [0.2, 0.25) is 5.91 Å². The fourth-order valence-electron chi connectivity index (χ4n) is 4.10. The smallest absolute Gasteiger partial charge is 0.227 e. The summed E-state index contributed by atoms with van der Waals surface area (Å²) in [7, 11) is 0. The van der Waals surface area contributed by atoms with Crippen molar-refractivity contribution in [2.24, 2.45) is 0 Å². The first-order chi connectivity index (χ1) is 14.1. The Labute approximate surface area is 174 Å². The molecule has 0 aromatic heterocycles. The number of Topliss-reactive ketones (excluding diaryl/α,β-unsaturated/α-hetero) is 1. The van der Waals surface area contributed by atoms with Crippen LogP contribution in [0.3, 0.4) is 0 Å². The van der Waals surface area contributed by atoms with E-state index in [4.69, 9.17) is 0 Å². The molecule has 0 spiro atoms. The third kappa shape index (κ3) is 6.01. The molecule has 0 saturated carbocycles. The summed E-state index contributed by atoms with van der Waals surface area (Å²) in [6.45, 7) is 7.57. The van der Waals surface area contributed by atoms with Gasteiger partial charge in [-0.3, -0.25) is 9.59 Å². The Kier molecular flexibility index (Phi) is 7.59. The molecule has 0 N–H and O–H groups in total. The largest absolute Gasteiger partial charge is 0.340 e. The summed E-state index contributed by atoms with van der Waals surface area (Å²) in [5.41, 5.74) is 3.09. The van der Waals surface area contributed by atoms with Crippen LogP contribution in [0.4, 0.5) is 0 Å². The molecule has 0 aliphatic carbocycles. The monoisotopic (exact) mass is 392 g/mol. The van der Waals surface area contributed by atoms with Gasteiger partial charge in [-0.2, -0.15) is 0 Å². The summed E-state index contributed by atoms with van der Waals surface area (Å²) in [6.07, 6.45) is 2.98. The first-order valence-corrected chi connectivity index (χ1v) is 10.7. The number of carbonyl (C=O) groups is 2. The molecule has 1 heterocycles. The summed E-state index contributed by atoms with van der Waals surface area (Å²) in [5, 5.41) is 0. The number of hydrogen-bond acceptors (Lipinski definition) is 3. The van der Waals surface area contributed by atoms with Gasteiger partial charge in [0.25, 0.3) is 0 Å². The quantitative estimate of drug-likeness (QED) is 0.635. The topological polar surface area (TPSA) is 40.6 Å². The van der Waals surface area contributed by atoms with Crippen LogP contribution < -0.4 is 0 Å². The van der Waals surface area contributed by atoms with Gasteiger partial charge in [-0.1, -0.05) is 60.2 Å². The van der Waals surface area contributed by atoms with Crippen LogP contribution in [0.2, 0.25) is 0 Å². The van der Waals surface area contributed by atoms with Crippen LogP contribution in [0, 0.1) is 6.92 Å². The van der Waals surface area contributed by atoms with Crippen molar-refractivity contribution in [3.05, 3.63) is 71.3 Å². The number of benzene rings is 2. The van der Waals surface area contributed by atoms with Crippen molar-refractivity contribution in [1.82, 2.24) is 9.80 Å². The van der Waals surface area contributed by atoms with Crippen LogP contribution in [0.1, 0.15) is 47.7 Å². The summed E-state index contributed by atoms with van der Waals surface area (Å²) < 4.78 is 0. The Morgan fingerprint density at radius 2 is 1.66 bits per heavy atom. The van der Waals surface area contributed by atoms with Crippen LogP contribution in [-0.2, 0) is 11.2 Å². The second kappa shape index (κ2) is 10.4. The maximum Gasteiger partial charge on any atom is 0.227 e. The SMILES string of the molecule is CCN(C(=O)Cc1ccc(C)cc1)C1CCN(CCC(=O)c2ccccc2)CC1. The lowest BCUT2D eigenvalue weighted by Gasteiger charge is -2.38. The van der Waals surface area contributed by atoms with Crippen molar-refractivity contribution in [2.75, 3.05) is 26.2 Å². The van der Waals surface area contributed by atoms with E-state index in [9.17, 15) is 9.59 Å². The predicted molar refractivity (Wildman–Crippen MR) is 117 cm³/mol. The molecule has 0 unspecified atom stereocenters. The molecule has 1 fully saturated rings. The molecule has 4 nitrogen and oxygen atoms in total. The molecule has 1 aliphatic rings. The number of rotatable bonds is 8. The van der Waals surface area contributed by atoms with Crippen molar-refractivity contribution in [3.8, 4) is 0 Å². The van der Waals surface area contributed by atoms with Crippen LogP contribution in [0.25, 0.3) is 0 Å². The Bertz CT molecular complexity index is 793. The third-order valence-electron chi connectivity index (χ3n) is 5.89. The first-order valence-electron chi connectivity index (χ1n) is 10.7. The van der Waals surface area contributed by atoms with E-state index >= 15 is 0 Å². The molecule has 2 aromatic rings. The average Bonchev–Trinajstić information content (AvgIpc) is 2.75. The van der Waals surface area contributed by atoms with Gasteiger partial charge < -0.3 is 9.80 Å². The zero-order valence-corrected chi connectivity index (χ0v) is 17.6. The van der Waals surface area contributed by atoms with Crippen molar-refractivity contribution < 1.29 is 9.59 Å². The van der Waals surface area contributed by atoms with Crippen molar-refractivity contribution in [3.63, 3.8) is 0 Å². The van der Waals surface area contributed by atoms with E-state index in [1.807, 2.05) is 47.4 Å². The molecule has 0 bridgehead atoms. The van der Waals surface area contributed by atoms with Gasteiger partial charge in [0.1, 0.15) is 0 Å². The van der Waals surface area contributed by atoms with E-state index in [2.05, 4.69) is 30.9 Å². The van der Waals surface area contributed by atoms with E-state index in [0.29, 0.717) is 18.9 Å². The number of ketones is 1. The summed E-state index contributed by atoms with van der Waals surface area (Å²) >= 11 is 0. The minimum atomic E-state index is 0.205. The number of aryl methyl sites for hydroxylation is 1. The van der Waals surface area contributed by atoms with Crippen molar-refractivity contribution in [2.45, 2.75) is 45.6 Å². The highest BCUT2D eigenvalue weighted by atomic mass is 16.2. The zero-order chi connectivity index (χ0) is 20.6. The molecule has 0 radical (unpaired) electrons. The van der Waals surface area contributed by atoms with Crippen LogP contribution >= 0.6 is 0 Å². The summed E-state index contributed by atoms with van der Waals surface area (Å²) in [5.74, 6) is 0.422. The number of hydrogen-bond donors (Lipinski definition) is 0. The third-order valence-corrected chi connectivity index (χ3v) is 5.89. The lowest BCUT2D eigenvalue weighted by atomic mass is 10.0. The molecule has 3 rings (SSSR count). The Morgan fingerprint density at radius 1 is 1.00 bits per heavy atom. The lowest BCUT2D eigenvalue weighted by Crippen LogP contribution is -2.48. The van der Waals surface area contributed by atoms with E-state index in [1.165, 1.54) is 5.56 Å². The minimum absolute atomic E-state index is 0.205. The second-order valence-corrected chi connectivity index (χ2v) is 7.95. The first kappa shape index (κ1) is 21.3. The number of nitrogens with zero attached hydrogens (tertiary/aromatic N) is 2. The van der Waals surface area contributed by atoms with Crippen LogP contribution in [0.5, 0.6) is 0 Å². The Morgan fingerprint density at radius 3 is 2.28 bits per heavy atom. The molecule has 4 heteroatoms. The van der Waals surface area contributed by atoms with Gasteiger partial charge in [0, 0.05) is 44.2 Å². The van der Waals surface area contributed by atoms with Gasteiger partial charge in [0.05, 0.1) is 6.42 Å². The summed E-state index contributed by atoms with van der Waals surface area (Å²) in [6, 6.07) is 18.0. The fourth-order valence-corrected chi connectivity index (χ4v) is 4.10. The normalized spacial score (nSPS) is 15.2. The number of amides is 1. The fraction of sp³-hybridized carbons (Fsp3) is 0.440. The van der Waals surface area contributed by atoms with Crippen molar-refractivity contribution >= 4 is 11.7 Å². The van der Waals surface area contributed by atoms with E-state index < -0.39 is 0 Å². The zero-order valence-electron chi connectivity index (χ0n) is 17.6. The number of carbonyl (C=O) groups excluding carboxylic acids is 2. The maximum absolute atomic E-state index is 12.8. The molecule has 0 atom stereocenters. The van der Waals surface area contributed by atoms with Gasteiger partial charge in [-0.25, -0.2) is 0 Å². The second-order valence-electron chi connectivity index (χ2n) is 7.95. The van der Waals surface area contributed by atoms with Crippen LogP contribution in [0.15, 0.2) is 54.6 Å². The van der Waals surface area contributed by atoms with Gasteiger partial charge in [-0.05, 0) is 32.3 Å². The molecule has 1 saturated heterocycles. The highest BCUT2D eigenvalue weighted by Crippen LogP contribution is 2.19. The van der Waals surface area contributed by atoms with E-state index in [-0.39, 0.29) is 11.7 Å². The molecular formula is C25H32N2O2. The predicted octanol–water partition coefficient (Wildman–Crippen LogP) is 4.12. The molecule has 1 amide bonds. The molecule has 2 aromatic carbocycles. The molecule has 29 heavy (non-hydrogen) atoms. The molecule has 154 valence electrons. The molecular weight excluding hydrogens is 360 g/mol. The average molecular weight is 393 g/mol. The Balaban J connectivity index is 1.46. The minimum Gasteiger partial charge on any atom is -0.340 e. The van der Waals surface area contributed by atoms with Crippen molar-refractivity contribution in [1.29, 1.82) is 0 Å². The lowest BCUT2D eigenvalue weighted by molar-refractivity contribution is -0.133. The highest BCUT2D eigenvalue weighted by Gasteiger charge is 2.27. The highest BCUT2D eigenvalue weighted by molar-refractivity contribution is 5.96. The van der Waals surface area contributed by atoms with E-state index in [0.717, 1.165) is 50.1 Å². The van der Waals surface area contributed by atoms with E-state index in [1.54, 1.807) is 0 Å². The number of piperidine rings is 1. The number of likely N-dealkylation sites (N-methyl/N-ethyl adjacent to an activating group) is 1. The van der Waals surface area contributed by atoms with Gasteiger partial charge in [-0.15, -0.1) is 0 Å². The number of likely N-dealkylation sites (tertiary alicyclic amines) is 1. The molecule has 1 aliphatic heterocycles. The summed E-state index contributed by atoms with van der Waals surface area (Å²) in [4.78, 5) is 29.6. The van der Waals surface area contributed by atoms with Gasteiger partial charge >= 0.3 is 0 Å².